The maximum Gasteiger partial charge on any atom is 0.243 e. The Balaban J connectivity index is 1.32. The van der Waals surface area contributed by atoms with Crippen LogP contribution < -0.4 is 20.1 Å². The van der Waals surface area contributed by atoms with Crippen LogP contribution >= 0.6 is 11.8 Å². The SMILES string of the molecule is CCc1ccccc1NC(=O)CNC(=O)CSc1ncc(-c2ccc3c(c2)OCCO3)n1CC. The largest absolute Gasteiger partial charge is 0.486 e. The molecule has 34 heavy (non-hydrogen) atoms. The minimum Gasteiger partial charge on any atom is -0.486 e. The maximum absolute atomic E-state index is 12.4. The van der Waals surface area contributed by atoms with Crippen LogP contribution in [-0.4, -0.2) is 46.9 Å². The molecule has 4 rings (SSSR count). The Morgan fingerprint density at radius 1 is 1.06 bits per heavy atom. The summed E-state index contributed by atoms with van der Waals surface area (Å²) in [6.07, 6.45) is 2.62. The molecular weight excluding hydrogens is 452 g/mol. The minimum atomic E-state index is -0.254. The Hall–Kier alpha value is -3.46. The quantitative estimate of drug-likeness (QED) is 0.453. The summed E-state index contributed by atoms with van der Waals surface area (Å²) in [7, 11) is 0. The number of para-hydroxylation sites is 1. The van der Waals surface area contributed by atoms with Crippen LogP contribution in [0.15, 0.2) is 53.8 Å². The second-order valence-electron chi connectivity index (χ2n) is 7.65. The zero-order valence-corrected chi connectivity index (χ0v) is 20.1. The number of amides is 2. The molecule has 2 heterocycles. The first-order valence-corrected chi connectivity index (χ1v) is 12.3. The van der Waals surface area contributed by atoms with Crippen molar-refractivity contribution in [3.05, 3.63) is 54.2 Å². The summed E-state index contributed by atoms with van der Waals surface area (Å²) in [6.45, 7) is 5.77. The lowest BCUT2D eigenvalue weighted by Gasteiger charge is -2.19. The summed E-state index contributed by atoms with van der Waals surface area (Å²) < 4.78 is 13.4. The lowest BCUT2D eigenvalue weighted by Crippen LogP contribution is -2.34. The molecule has 0 fully saturated rings. The van der Waals surface area contributed by atoms with E-state index < -0.39 is 0 Å². The summed E-state index contributed by atoms with van der Waals surface area (Å²) in [4.78, 5) is 29.1. The van der Waals surface area contributed by atoms with Crippen LogP contribution in [0.2, 0.25) is 0 Å². The molecule has 1 aliphatic rings. The number of nitrogens with zero attached hydrogens (tertiary/aromatic N) is 2. The van der Waals surface area contributed by atoms with Gasteiger partial charge in [-0.25, -0.2) is 4.98 Å². The van der Waals surface area contributed by atoms with Crippen molar-refractivity contribution in [1.82, 2.24) is 14.9 Å². The number of nitrogens with one attached hydrogen (secondary N) is 2. The van der Waals surface area contributed by atoms with Gasteiger partial charge >= 0.3 is 0 Å². The number of rotatable bonds is 9. The van der Waals surface area contributed by atoms with Gasteiger partial charge in [-0.15, -0.1) is 0 Å². The number of hydrogen-bond donors (Lipinski definition) is 2. The van der Waals surface area contributed by atoms with Crippen LogP contribution in [0, 0.1) is 0 Å². The number of fused-ring (bicyclic) bond motifs is 1. The molecule has 2 amide bonds. The van der Waals surface area contributed by atoms with E-state index in [4.69, 9.17) is 9.47 Å². The summed E-state index contributed by atoms with van der Waals surface area (Å²) in [6, 6.07) is 13.5. The van der Waals surface area contributed by atoms with Gasteiger partial charge in [0.2, 0.25) is 11.8 Å². The van der Waals surface area contributed by atoms with Gasteiger partial charge < -0.3 is 24.7 Å². The first-order chi connectivity index (χ1) is 16.6. The molecule has 0 bridgehead atoms. The zero-order chi connectivity index (χ0) is 23.9. The molecular formula is C25H28N4O4S. The molecule has 9 heteroatoms. The van der Waals surface area contributed by atoms with Crippen LogP contribution in [-0.2, 0) is 22.6 Å². The van der Waals surface area contributed by atoms with Gasteiger partial charge in [-0.1, -0.05) is 36.9 Å². The molecule has 8 nitrogen and oxygen atoms in total. The fraction of sp³-hybridized carbons (Fsp3) is 0.320. The third-order valence-corrected chi connectivity index (χ3v) is 6.41. The normalized spacial score (nSPS) is 12.3. The van der Waals surface area contributed by atoms with Crippen LogP contribution in [0.25, 0.3) is 11.3 Å². The Morgan fingerprint density at radius 2 is 1.85 bits per heavy atom. The van der Waals surface area contributed by atoms with Crippen molar-refractivity contribution in [2.45, 2.75) is 32.0 Å². The molecule has 0 spiro atoms. The molecule has 2 aromatic carbocycles. The van der Waals surface area contributed by atoms with Gasteiger partial charge in [0.05, 0.1) is 24.2 Å². The van der Waals surface area contributed by atoms with Gasteiger partial charge in [0.25, 0.3) is 0 Å². The lowest BCUT2D eigenvalue weighted by atomic mass is 10.1. The number of aryl methyl sites for hydroxylation is 1. The number of aromatic nitrogens is 2. The molecule has 0 atom stereocenters. The molecule has 0 unspecified atom stereocenters. The number of imidazole rings is 1. The van der Waals surface area contributed by atoms with Crippen molar-refractivity contribution < 1.29 is 19.1 Å². The van der Waals surface area contributed by atoms with E-state index in [1.54, 1.807) is 6.20 Å². The number of carbonyl (C=O) groups is 2. The van der Waals surface area contributed by atoms with E-state index in [2.05, 4.69) is 20.2 Å². The molecule has 1 aromatic heterocycles. The highest BCUT2D eigenvalue weighted by Gasteiger charge is 2.17. The number of thioether (sulfide) groups is 1. The molecule has 3 aromatic rings. The highest BCUT2D eigenvalue weighted by molar-refractivity contribution is 7.99. The van der Waals surface area contributed by atoms with Gasteiger partial charge in [-0.2, -0.15) is 0 Å². The summed E-state index contributed by atoms with van der Waals surface area (Å²) >= 11 is 1.34. The predicted molar refractivity (Wildman–Crippen MR) is 133 cm³/mol. The van der Waals surface area contributed by atoms with E-state index in [0.717, 1.165) is 45.6 Å². The maximum atomic E-state index is 12.4. The smallest absolute Gasteiger partial charge is 0.243 e. The highest BCUT2D eigenvalue weighted by Crippen LogP contribution is 2.35. The van der Waals surface area contributed by atoms with Gasteiger partial charge in [0.1, 0.15) is 13.2 Å². The fourth-order valence-electron chi connectivity index (χ4n) is 3.72. The fourth-order valence-corrected chi connectivity index (χ4v) is 4.59. The number of benzene rings is 2. The van der Waals surface area contributed by atoms with E-state index >= 15 is 0 Å². The molecule has 178 valence electrons. The predicted octanol–water partition coefficient (Wildman–Crippen LogP) is 3.75. The standard InChI is InChI=1S/C25H28N4O4S/c1-3-17-7-5-6-8-19(17)28-23(30)15-26-24(31)16-34-25-27-14-20(29(25)4-2)18-9-10-21-22(13-18)33-12-11-32-21/h5-10,13-14H,3-4,11-12,15-16H2,1-2H3,(H,26,31)(H,28,30). The van der Waals surface area contributed by atoms with Crippen molar-refractivity contribution in [3.8, 4) is 22.8 Å². The summed E-state index contributed by atoms with van der Waals surface area (Å²) in [5.74, 6) is 1.15. The van der Waals surface area contributed by atoms with Crippen LogP contribution in [0.1, 0.15) is 19.4 Å². The molecule has 0 radical (unpaired) electrons. The van der Waals surface area contributed by atoms with Crippen molar-refractivity contribution in [2.24, 2.45) is 0 Å². The van der Waals surface area contributed by atoms with Crippen molar-refractivity contribution in [1.29, 1.82) is 0 Å². The number of carbonyl (C=O) groups excluding carboxylic acids is 2. The van der Waals surface area contributed by atoms with E-state index in [-0.39, 0.29) is 24.1 Å². The number of hydrogen-bond acceptors (Lipinski definition) is 6. The van der Waals surface area contributed by atoms with E-state index in [9.17, 15) is 9.59 Å². The van der Waals surface area contributed by atoms with Gasteiger partial charge in [-0.3, -0.25) is 9.59 Å². The average molecular weight is 481 g/mol. The molecule has 0 saturated heterocycles. The summed E-state index contributed by atoms with van der Waals surface area (Å²) in [5.41, 5.74) is 3.74. The molecule has 2 N–H and O–H groups in total. The van der Waals surface area contributed by atoms with Crippen LogP contribution in [0.3, 0.4) is 0 Å². The average Bonchev–Trinajstić information content (AvgIpc) is 3.29. The molecule has 0 aliphatic carbocycles. The monoisotopic (exact) mass is 480 g/mol. The van der Waals surface area contributed by atoms with Crippen molar-refractivity contribution in [2.75, 3.05) is 30.8 Å². The first-order valence-electron chi connectivity index (χ1n) is 11.3. The van der Waals surface area contributed by atoms with E-state index in [0.29, 0.717) is 19.8 Å². The zero-order valence-electron chi connectivity index (χ0n) is 19.3. The minimum absolute atomic E-state index is 0.0812. The topological polar surface area (TPSA) is 94.5 Å². The Morgan fingerprint density at radius 3 is 2.65 bits per heavy atom. The third kappa shape index (κ3) is 5.53. The number of ether oxygens (including phenoxy) is 2. The van der Waals surface area contributed by atoms with Gasteiger partial charge in [-0.05, 0) is 43.2 Å². The molecule has 1 aliphatic heterocycles. The Bertz CT molecular complexity index is 1180. The Labute approximate surface area is 203 Å². The van der Waals surface area contributed by atoms with Gasteiger partial charge in [0, 0.05) is 17.8 Å². The second kappa shape index (κ2) is 11.1. The number of anilines is 1. The third-order valence-electron chi connectivity index (χ3n) is 5.42. The molecule has 0 saturated carbocycles. The lowest BCUT2D eigenvalue weighted by molar-refractivity contribution is -0.122. The van der Waals surface area contributed by atoms with Crippen LogP contribution in [0.5, 0.6) is 11.5 Å². The van der Waals surface area contributed by atoms with E-state index in [1.165, 1.54) is 11.8 Å². The summed E-state index contributed by atoms with van der Waals surface area (Å²) in [5, 5.41) is 6.28. The Kier molecular flexibility index (Phi) is 7.74. The van der Waals surface area contributed by atoms with Crippen LogP contribution in [0.4, 0.5) is 5.69 Å². The highest BCUT2D eigenvalue weighted by atomic mass is 32.2. The first kappa shape index (κ1) is 23.7. The second-order valence-corrected chi connectivity index (χ2v) is 8.60. The van der Waals surface area contributed by atoms with Crippen molar-refractivity contribution >= 4 is 29.3 Å². The van der Waals surface area contributed by atoms with Crippen molar-refractivity contribution in [3.63, 3.8) is 0 Å². The van der Waals surface area contributed by atoms with E-state index in [1.807, 2.05) is 56.3 Å². The van der Waals surface area contributed by atoms with Gasteiger partial charge in [0.15, 0.2) is 16.7 Å².